The number of aromatic amines is 1. The van der Waals surface area contributed by atoms with Crippen molar-refractivity contribution < 1.29 is 9.18 Å². The monoisotopic (exact) mass is 266 g/mol. The average Bonchev–Trinajstić information content (AvgIpc) is 2.72. The fourth-order valence-electron chi connectivity index (χ4n) is 1.88. The highest BCUT2D eigenvalue weighted by Gasteiger charge is 2.05. The van der Waals surface area contributed by atoms with Crippen molar-refractivity contribution in [2.75, 3.05) is 18.6 Å². The van der Waals surface area contributed by atoms with E-state index in [2.05, 4.69) is 10.3 Å². The Hall–Kier alpha value is -1.49. The van der Waals surface area contributed by atoms with E-state index in [4.69, 9.17) is 0 Å². The molecule has 5 heteroatoms. The zero-order chi connectivity index (χ0) is 13.0. The van der Waals surface area contributed by atoms with E-state index in [0.717, 1.165) is 22.9 Å². The van der Waals surface area contributed by atoms with E-state index >= 15 is 0 Å². The van der Waals surface area contributed by atoms with Crippen LogP contribution in [0.4, 0.5) is 4.39 Å². The normalized spacial score (nSPS) is 10.8. The molecule has 0 radical (unpaired) electrons. The molecule has 2 aromatic rings. The molecule has 96 valence electrons. The minimum Gasteiger partial charge on any atom is -0.361 e. The quantitative estimate of drug-likeness (QED) is 0.872. The molecule has 0 aliphatic heterocycles. The number of hydrogen-bond acceptors (Lipinski definition) is 2. The molecule has 2 rings (SSSR count). The van der Waals surface area contributed by atoms with E-state index in [-0.39, 0.29) is 11.7 Å². The summed E-state index contributed by atoms with van der Waals surface area (Å²) >= 11 is 1.50. The number of carbonyl (C=O) groups excluding carboxylic acids is 1. The molecule has 1 heterocycles. The van der Waals surface area contributed by atoms with E-state index in [9.17, 15) is 9.18 Å². The van der Waals surface area contributed by atoms with E-state index in [0.29, 0.717) is 12.3 Å². The van der Waals surface area contributed by atoms with Gasteiger partial charge in [0.15, 0.2) is 0 Å². The summed E-state index contributed by atoms with van der Waals surface area (Å²) in [7, 11) is 0. The van der Waals surface area contributed by atoms with Gasteiger partial charge in [-0.15, -0.1) is 0 Å². The summed E-state index contributed by atoms with van der Waals surface area (Å²) in [4.78, 5) is 14.3. The minimum absolute atomic E-state index is 0.0494. The maximum atomic E-state index is 13.0. The van der Waals surface area contributed by atoms with E-state index < -0.39 is 0 Å². The van der Waals surface area contributed by atoms with Gasteiger partial charge >= 0.3 is 0 Å². The number of aromatic nitrogens is 1. The van der Waals surface area contributed by atoms with Crippen molar-refractivity contribution in [2.45, 2.75) is 6.42 Å². The summed E-state index contributed by atoms with van der Waals surface area (Å²) in [6.45, 7) is 0.601. The molecule has 2 N–H and O–H groups in total. The van der Waals surface area contributed by atoms with Crippen LogP contribution in [-0.4, -0.2) is 29.4 Å². The Morgan fingerprint density at radius 2 is 2.33 bits per heavy atom. The topological polar surface area (TPSA) is 44.9 Å². The minimum atomic E-state index is -0.246. The predicted octanol–water partition coefficient (Wildman–Crippen LogP) is 2.33. The van der Waals surface area contributed by atoms with Gasteiger partial charge < -0.3 is 10.3 Å². The van der Waals surface area contributed by atoms with Crippen LogP contribution in [-0.2, 0) is 11.2 Å². The summed E-state index contributed by atoms with van der Waals surface area (Å²) in [5.41, 5.74) is 1.88. The number of rotatable bonds is 5. The third-order valence-electron chi connectivity index (χ3n) is 2.72. The largest absolute Gasteiger partial charge is 0.361 e. The molecular weight excluding hydrogens is 251 g/mol. The molecule has 1 amide bonds. The molecule has 0 aliphatic carbocycles. The lowest BCUT2D eigenvalue weighted by Crippen LogP contribution is -2.27. The Labute approximate surface area is 109 Å². The summed E-state index contributed by atoms with van der Waals surface area (Å²) < 4.78 is 13.0. The first-order valence-corrected chi connectivity index (χ1v) is 7.11. The molecule has 18 heavy (non-hydrogen) atoms. The SMILES string of the molecule is CSCC(=O)NCCc1c[nH]c2cc(F)ccc12. The number of thioether (sulfide) groups is 1. The van der Waals surface area contributed by atoms with Gasteiger partial charge in [-0.25, -0.2) is 4.39 Å². The molecule has 0 spiro atoms. The fraction of sp³-hybridized carbons (Fsp3) is 0.308. The van der Waals surface area contributed by atoms with Gasteiger partial charge in [-0.1, -0.05) is 0 Å². The second kappa shape index (κ2) is 5.91. The molecule has 0 saturated carbocycles. The number of amides is 1. The van der Waals surface area contributed by atoms with Crippen LogP contribution in [0.1, 0.15) is 5.56 Å². The molecular formula is C13H15FN2OS. The highest BCUT2D eigenvalue weighted by molar-refractivity contribution is 7.99. The van der Waals surface area contributed by atoms with Crippen molar-refractivity contribution in [1.82, 2.24) is 10.3 Å². The van der Waals surface area contributed by atoms with E-state index in [1.165, 1.54) is 23.9 Å². The van der Waals surface area contributed by atoms with Crippen LogP contribution in [0.15, 0.2) is 24.4 Å². The lowest BCUT2D eigenvalue weighted by atomic mass is 10.1. The Balaban J connectivity index is 1.98. The van der Waals surface area contributed by atoms with Gasteiger partial charge in [-0.3, -0.25) is 4.79 Å². The summed E-state index contributed by atoms with van der Waals surface area (Å²) in [5, 5.41) is 3.86. The number of carbonyl (C=O) groups is 1. The maximum Gasteiger partial charge on any atom is 0.229 e. The van der Waals surface area contributed by atoms with Crippen molar-refractivity contribution in [3.8, 4) is 0 Å². The average molecular weight is 266 g/mol. The van der Waals surface area contributed by atoms with Gasteiger partial charge in [-0.2, -0.15) is 11.8 Å². The first-order valence-electron chi connectivity index (χ1n) is 5.72. The first-order chi connectivity index (χ1) is 8.70. The van der Waals surface area contributed by atoms with Crippen LogP contribution in [0.3, 0.4) is 0 Å². The Morgan fingerprint density at radius 1 is 1.50 bits per heavy atom. The molecule has 1 aromatic heterocycles. The molecule has 0 unspecified atom stereocenters. The number of nitrogens with one attached hydrogen (secondary N) is 2. The molecule has 0 fully saturated rings. The fourth-order valence-corrected chi connectivity index (χ4v) is 2.25. The molecule has 0 bridgehead atoms. The van der Waals surface area contributed by atoms with Crippen molar-refractivity contribution in [3.63, 3.8) is 0 Å². The van der Waals surface area contributed by atoms with Gasteiger partial charge in [0, 0.05) is 23.6 Å². The Bertz CT molecular complexity index is 553. The van der Waals surface area contributed by atoms with Crippen molar-refractivity contribution >= 4 is 28.6 Å². The zero-order valence-corrected chi connectivity index (χ0v) is 10.9. The number of benzene rings is 1. The van der Waals surface area contributed by atoms with Gasteiger partial charge in [0.25, 0.3) is 0 Å². The van der Waals surface area contributed by atoms with Crippen LogP contribution >= 0.6 is 11.8 Å². The molecule has 0 atom stereocenters. The van der Waals surface area contributed by atoms with Crippen LogP contribution in [0.25, 0.3) is 10.9 Å². The van der Waals surface area contributed by atoms with E-state index in [1.54, 1.807) is 6.07 Å². The second-order valence-electron chi connectivity index (χ2n) is 4.04. The highest BCUT2D eigenvalue weighted by atomic mass is 32.2. The Morgan fingerprint density at radius 3 is 3.11 bits per heavy atom. The van der Waals surface area contributed by atoms with Crippen LogP contribution in [0.5, 0.6) is 0 Å². The summed E-state index contributed by atoms with van der Waals surface area (Å²) in [6.07, 6.45) is 4.50. The van der Waals surface area contributed by atoms with Gasteiger partial charge in [-0.05, 0) is 36.4 Å². The number of H-pyrrole nitrogens is 1. The number of hydrogen-bond donors (Lipinski definition) is 2. The molecule has 3 nitrogen and oxygen atoms in total. The van der Waals surface area contributed by atoms with E-state index in [1.807, 2.05) is 12.5 Å². The Kier molecular flexibility index (Phi) is 4.25. The van der Waals surface area contributed by atoms with Gasteiger partial charge in [0.2, 0.25) is 5.91 Å². The predicted molar refractivity (Wildman–Crippen MR) is 73.4 cm³/mol. The third-order valence-corrected chi connectivity index (χ3v) is 3.27. The van der Waals surface area contributed by atoms with Gasteiger partial charge in [0.1, 0.15) is 5.82 Å². The standard InChI is InChI=1S/C13H15FN2OS/c1-18-8-13(17)15-5-4-9-7-16-12-6-10(14)2-3-11(9)12/h2-3,6-7,16H,4-5,8H2,1H3,(H,15,17). The van der Waals surface area contributed by atoms with Gasteiger partial charge in [0.05, 0.1) is 5.75 Å². The van der Waals surface area contributed by atoms with Crippen LogP contribution in [0, 0.1) is 5.82 Å². The van der Waals surface area contributed by atoms with Crippen molar-refractivity contribution in [2.24, 2.45) is 0 Å². The van der Waals surface area contributed by atoms with Crippen molar-refractivity contribution in [1.29, 1.82) is 0 Å². The zero-order valence-electron chi connectivity index (χ0n) is 10.1. The summed E-state index contributed by atoms with van der Waals surface area (Å²) in [5.74, 6) is 0.289. The highest BCUT2D eigenvalue weighted by Crippen LogP contribution is 2.19. The summed E-state index contributed by atoms with van der Waals surface area (Å²) in [6, 6.07) is 4.69. The van der Waals surface area contributed by atoms with Crippen LogP contribution in [0.2, 0.25) is 0 Å². The molecule has 1 aromatic carbocycles. The van der Waals surface area contributed by atoms with Crippen molar-refractivity contribution in [3.05, 3.63) is 35.8 Å². The lowest BCUT2D eigenvalue weighted by Gasteiger charge is -2.03. The molecule has 0 aliphatic rings. The number of fused-ring (bicyclic) bond motifs is 1. The molecule has 0 saturated heterocycles. The lowest BCUT2D eigenvalue weighted by molar-refractivity contribution is -0.118. The smallest absolute Gasteiger partial charge is 0.229 e. The first kappa shape index (κ1) is 13.0. The van der Waals surface area contributed by atoms with Crippen LogP contribution < -0.4 is 5.32 Å². The number of halogens is 1. The second-order valence-corrected chi connectivity index (χ2v) is 4.90. The maximum absolute atomic E-state index is 13.0. The third kappa shape index (κ3) is 3.04.